The molecular weight excluding hydrogens is 448 g/mol. The minimum absolute atomic E-state index is 0.183. The molecule has 0 aliphatic heterocycles. The highest BCUT2D eigenvalue weighted by Gasteiger charge is 2.14. The van der Waals surface area contributed by atoms with Gasteiger partial charge in [0.1, 0.15) is 0 Å². The molecule has 0 N–H and O–H groups in total. The number of alkyl halides is 1. The van der Waals surface area contributed by atoms with Crippen molar-refractivity contribution in [3.63, 3.8) is 0 Å². The van der Waals surface area contributed by atoms with Crippen LogP contribution in [0.3, 0.4) is 0 Å². The Hall–Kier alpha value is 0.160. The van der Waals surface area contributed by atoms with Crippen molar-refractivity contribution in [2.45, 2.75) is 11.2 Å². The number of hydrogen-bond acceptors (Lipinski definition) is 1. The molecule has 0 aliphatic carbocycles. The predicted molar refractivity (Wildman–Crippen MR) is 88.8 cm³/mol. The molecule has 2 rings (SSSR count). The second-order valence-electron chi connectivity index (χ2n) is 3.80. The quantitative estimate of drug-likeness (QED) is 0.428. The standard InChI is InChI=1S/C13H9BrCl2IN/c14-11(5-8-3-4-18-7-12(8)16)10-6-9(15)1-2-13(10)17/h1-4,6-7,11H,5H2. The molecule has 18 heavy (non-hydrogen) atoms. The second-order valence-corrected chi connectivity index (χ2v) is 6.92. The monoisotopic (exact) mass is 455 g/mol. The first-order chi connectivity index (χ1) is 8.58. The Kier molecular flexibility index (Phi) is 5.30. The summed E-state index contributed by atoms with van der Waals surface area (Å²) < 4.78 is 1.18. The molecule has 1 atom stereocenters. The van der Waals surface area contributed by atoms with Crippen LogP contribution in [0, 0.1) is 3.57 Å². The van der Waals surface area contributed by atoms with Crippen LogP contribution < -0.4 is 0 Å². The lowest BCUT2D eigenvalue weighted by atomic mass is 10.1. The lowest BCUT2D eigenvalue weighted by Crippen LogP contribution is -1.99. The number of aromatic nitrogens is 1. The Morgan fingerprint density at radius 3 is 2.78 bits per heavy atom. The third-order valence-electron chi connectivity index (χ3n) is 2.55. The number of rotatable bonds is 3. The normalized spacial score (nSPS) is 12.4. The topological polar surface area (TPSA) is 12.9 Å². The van der Waals surface area contributed by atoms with Crippen LogP contribution in [0.4, 0.5) is 0 Å². The van der Waals surface area contributed by atoms with Crippen molar-refractivity contribution in [3.8, 4) is 0 Å². The van der Waals surface area contributed by atoms with Crippen molar-refractivity contribution in [3.05, 3.63) is 61.4 Å². The van der Waals surface area contributed by atoms with Crippen molar-refractivity contribution in [1.29, 1.82) is 0 Å². The maximum atomic E-state index is 6.12. The van der Waals surface area contributed by atoms with Gasteiger partial charge in [-0.3, -0.25) is 4.98 Å². The molecule has 0 spiro atoms. The summed E-state index contributed by atoms with van der Waals surface area (Å²) in [6, 6.07) is 7.83. The summed E-state index contributed by atoms with van der Waals surface area (Å²) in [4.78, 5) is 4.17. The van der Waals surface area contributed by atoms with E-state index in [1.54, 1.807) is 12.4 Å². The maximum absolute atomic E-state index is 6.12. The van der Waals surface area contributed by atoms with E-state index in [0.29, 0.717) is 5.02 Å². The van der Waals surface area contributed by atoms with Gasteiger partial charge in [-0.25, -0.2) is 0 Å². The summed E-state index contributed by atoms with van der Waals surface area (Å²) >= 11 is 18.2. The van der Waals surface area contributed by atoms with Gasteiger partial charge in [-0.15, -0.1) is 0 Å². The van der Waals surface area contributed by atoms with Crippen LogP contribution in [0.1, 0.15) is 16.0 Å². The first-order valence-electron chi connectivity index (χ1n) is 5.25. The van der Waals surface area contributed by atoms with E-state index in [2.05, 4.69) is 43.5 Å². The van der Waals surface area contributed by atoms with Crippen molar-refractivity contribution < 1.29 is 0 Å². The van der Waals surface area contributed by atoms with Gasteiger partial charge in [-0.1, -0.05) is 39.1 Å². The number of benzene rings is 1. The summed E-state index contributed by atoms with van der Waals surface area (Å²) in [6.07, 6.45) is 4.22. The highest BCUT2D eigenvalue weighted by atomic mass is 127. The molecule has 0 bridgehead atoms. The SMILES string of the molecule is Clc1ccc(I)c(C(Br)Cc2ccncc2Cl)c1. The van der Waals surface area contributed by atoms with Crippen LogP contribution in [0.2, 0.25) is 10.0 Å². The number of nitrogens with zero attached hydrogens (tertiary/aromatic N) is 1. The van der Waals surface area contributed by atoms with E-state index in [-0.39, 0.29) is 4.83 Å². The van der Waals surface area contributed by atoms with E-state index in [1.165, 1.54) is 9.13 Å². The molecule has 94 valence electrons. The zero-order chi connectivity index (χ0) is 13.1. The lowest BCUT2D eigenvalue weighted by molar-refractivity contribution is 0.939. The average molecular weight is 457 g/mol. The van der Waals surface area contributed by atoms with Crippen LogP contribution in [0.15, 0.2) is 36.7 Å². The number of halogens is 4. The molecule has 1 aromatic carbocycles. The third-order valence-corrected chi connectivity index (χ3v) is 4.93. The van der Waals surface area contributed by atoms with Crippen LogP contribution in [-0.4, -0.2) is 4.98 Å². The largest absolute Gasteiger partial charge is 0.263 e. The summed E-state index contributed by atoms with van der Waals surface area (Å²) in [6.45, 7) is 0. The first-order valence-corrected chi connectivity index (χ1v) is 8.00. The maximum Gasteiger partial charge on any atom is 0.0621 e. The fourth-order valence-electron chi connectivity index (χ4n) is 1.63. The van der Waals surface area contributed by atoms with Crippen molar-refractivity contribution in [1.82, 2.24) is 4.98 Å². The molecule has 0 saturated carbocycles. The molecule has 1 unspecified atom stereocenters. The summed E-state index contributed by atoms with van der Waals surface area (Å²) in [5, 5.41) is 1.44. The molecule has 0 saturated heterocycles. The third kappa shape index (κ3) is 3.59. The second kappa shape index (κ2) is 6.55. The molecule has 0 radical (unpaired) electrons. The number of hydrogen-bond donors (Lipinski definition) is 0. The van der Waals surface area contributed by atoms with Crippen molar-refractivity contribution in [2.24, 2.45) is 0 Å². The number of pyridine rings is 1. The van der Waals surface area contributed by atoms with Gasteiger partial charge in [0.25, 0.3) is 0 Å². The highest BCUT2D eigenvalue weighted by molar-refractivity contribution is 14.1. The predicted octanol–water partition coefficient (Wildman–Crippen LogP) is 5.67. The minimum atomic E-state index is 0.183. The van der Waals surface area contributed by atoms with Crippen LogP contribution >= 0.6 is 61.7 Å². The Morgan fingerprint density at radius 1 is 1.28 bits per heavy atom. The lowest BCUT2D eigenvalue weighted by Gasteiger charge is -2.13. The molecule has 2 aromatic rings. The Labute approximate surface area is 138 Å². The van der Waals surface area contributed by atoms with Gasteiger partial charge in [0.15, 0.2) is 0 Å². The van der Waals surface area contributed by atoms with E-state index in [1.807, 2.05) is 24.3 Å². The molecule has 0 fully saturated rings. The zero-order valence-electron chi connectivity index (χ0n) is 9.21. The molecule has 0 aliphatic rings. The summed E-state index contributed by atoms with van der Waals surface area (Å²) in [5.41, 5.74) is 2.25. The Bertz CT molecular complexity index is 562. The van der Waals surface area contributed by atoms with E-state index < -0.39 is 0 Å². The highest BCUT2D eigenvalue weighted by Crippen LogP contribution is 2.33. The van der Waals surface area contributed by atoms with Gasteiger partial charge < -0.3 is 0 Å². The van der Waals surface area contributed by atoms with Crippen LogP contribution in [-0.2, 0) is 6.42 Å². The van der Waals surface area contributed by atoms with Crippen LogP contribution in [0.5, 0.6) is 0 Å². The van der Waals surface area contributed by atoms with E-state index in [9.17, 15) is 0 Å². The van der Waals surface area contributed by atoms with Gasteiger partial charge in [0, 0.05) is 25.8 Å². The molecule has 1 aromatic heterocycles. The molecular formula is C13H9BrCl2IN. The molecule has 0 amide bonds. The van der Waals surface area contributed by atoms with Gasteiger partial charge in [0.05, 0.1) is 5.02 Å². The van der Waals surface area contributed by atoms with Crippen LogP contribution in [0.25, 0.3) is 0 Å². The van der Waals surface area contributed by atoms with E-state index in [0.717, 1.165) is 17.0 Å². The van der Waals surface area contributed by atoms with Gasteiger partial charge in [-0.2, -0.15) is 0 Å². The Morgan fingerprint density at radius 2 is 2.06 bits per heavy atom. The molecule has 5 heteroatoms. The van der Waals surface area contributed by atoms with Crippen molar-refractivity contribution >= 4 is 61.7 Å². The summed E-state index contributed by atoms with van der Waals surface area (Å²) in [5.74, 6) is 0. The molecule has 1 nitrogen and oxygen atoms in total. The Balaban J connectivity index is 2.25. The van der Waals surface area contributed by atoms with Gasteiger partial charge in [0.2, 0.25) is 0 Å². The average Bonchev–Trinajstić information content (AvgIpc) is 2.35. The molecule has 1 heterocycles. The van der Waals surface area contributed by atoms with Gasteiger partial charge in [-0.05, 0) is 64.4 Å². The first kappa shape index (κ1) is 14.6. The van der Waals surface area contributed by atoms with E-state index in [4.69, 9.17) is 23.2 Å². The summed E-state index contributed by atoms with van der Waals surface area (Å²) in [7, 11) is 0. The van der Waals surface area contributed by atoms with Crippen molar-refractivity contribution in [2.75, 3.05) is 0 Å². The van der Waals surface area contributed by atoms with E-state index >= 15 is 0 Å². The van der Waals surface area contributed by atoms with Gasteiger partial charge >= 0.3 is 0 Å². The fraction of sp³-hybridized carbons (Fsp3) is 0.154. The zero-order valence-corrected chi connectivity index (χ0v) is 14.5. The smallest absolute Gasteiger partial charge is 0.0621 e. The minimum Gasteiger partial charge on any atom is -0.263 e. The fourth-order valence-corrected chi connectivity index (χ4v) is 3.87.